The Morgan fingerprint density at radius 2 is 1.82 bits per heavy atom. The first-order valence-corrected chi connectivity index (χ1v) is 8.18. The third-order valence-electron chi connectivity index (χ3n) is 3.15. The molecule has 1 heterocycles. The van der Waals surface area contributed by atoms with Crippen LogP contribution in [0.3, 0.4) is 0 Å². The lowest BCUT2D eigenvalue weighted by atomic mass is 10.2. The largest absolute Gasteiger partial charge is 0.457 e. The van der Waals surface area contributed by atoms with E-state index in [0.717, 1.165) is 40.2 Å². The van der Waals surface area contributed by atoms with Crippen LogP contribution in [0.25, 0.3) is 0 Å². The van der Waals surface area contributed by atoms with Gasteiger partial charge >= 0.3 is 0 Å². The molecule has 3 aromatic rings. The number of rotatable bonds is 6. The predicted octanol–water partition coefficient (Wildman–Crippen LogP) is 4.45. The third-order valence-corrected chi connectivity index (χ3v) is 4.04. The number of thioether (sulfide) groups is 1. The molecule has 0 fully saturated rings. The summed E-state index contributed by atoms with van der Waals surface area (Å²) < 4.78 is 5.96. The molecule has 0 saturated heterocycles. The zero-order chi connectivity index (χ0) is 15.2. The lowest BCUT2D eigenvalue weighted by Gasteiger charge is -2.10. The number of ether oxygens (including phenoxy) is 1. The predicted molar refractivity (Wildman–Crippen MR) is 88.3 cm³/mol. The summed E-state index contributed by atoms with van der Waals surface area (Å²) in [5.41, 5.74) is 1.12. The highest BCUT2D eigenvalue weighted by molar-refractivity contribution is 7.98. The van der Waals surface area contributed by atoms with Crippen LogP contribution in [0.5, 0.6) is 11.5 Å². The van der Waals surface area contributed by atoms with Crippen LogP contribution in [0.15, 0.2) is 59.8 Å². The van der Waals surface area contributed by atoms with Crippen LogP contribution in [-0.2, 0) is 12.2 Å². The van der Waals surface area contributed by atoms with E-state index in [4.69, 9.17) is 4.74 Å². The van der Waals surface area contributed by atoms with Crippen molar-refractivity contribution in [2.75, 3.05) is 0 Å². The van der Waals surface area contributed by atoms with Gasteiger partial charge in [-0.15, -0.1) is 5.10 Å². The number of nitrogens with one attached hydrogen (secondary N) is 1. The van der Waals surface area contributed by atoms with Crippen LogP contribution in [0.2, 0.25) is 0 Å². The lowest BCUT2D eigenvalue weighted by molar-refractivity contribution is 0.478. The van der Waals surface area contributed by atoms with Gasteiger partial charge in [-0.25, -0.2) is 4.98 Å². The van der Waals surface area contributed by atoms with E-state index in [0.29, 0.717) is 0 Å². The minimum Gasteiger partial charge on any atom is -0.457 e. The van der Waals surface area contributed by atoms with E-state index in [1.807, 2.05) is 48.5 Å². The summed E-state index contributed by atoms with van der Waals surface area (Å²) in [5.74, 6) is 3.39. The highest BCUT2D eigenvalue weighted by atomic mass is 32.2. The molecule has 0 aliphatic rings. The molecule has 0 atom stereocenters. The smallest absolute Gasteiger partial charge is 0.208 e. The average Bonchev–Trinajstić information content (AvgIpc) is 3.03. The van der Waals surface area contributed by atoms with E-state index in [9.17, 15) is 0 Å². The number of nitrogens with zero attached hydrogens (tertiary/aromatic N) is 2. The topological polar surface area (TPSA) is 50.8 Å². The van der Waals surface area contributed by atoms with Crippen LogP contribution < -0.4 is 4.74 Å². The summed E-state index contributed by atoms with van der Waals surface area (Å²) in [6.45, 7) is 2.05. The van der Waals surface area contributed by atoms with Crippen molar-refractivity contribution < 1.29 is 4.74 Å². The molecule has 0 radical (unpaired) electrons. The quantitative estimate of drug-likeness (QED) is 0.683. The van der Waals surface area contributed by atoms with Crippen molar-refractivity contribution in [1.29, 1.82) is 0 Å². The molecule has 0 spiro atoms. The summed E-state index contributed by atoms with van der Waals surface area (Å²) in [6, 6.07) is 17.9. The van der Waals surface area contributed by atoms with Crippen molar-refractivity contribution in [3.05, 3.63) is 66.0 Å². The zero-order valence-corrected chi connectivity index (χ0v) is 13.1. The SMILES string of the molecule is CCc1nc(SCc2ccccc2Oc2ccccc2)n[nH]1. The minimum absolute atomic E-state index is 0.768. The first-order chi connectivity index (χ1) is 10.8. The van der Waals surface area contributed by atoms with E-state index < -0.39 is 0 Å². The average molecular weight is 311 g/mol. The molecule has 0 aliphatic carbocycles. The summed E-state index contributed by atoms with van der Waals surface area (Å²) in [6.07, 6.45) is 0.862. The zero-order valence-electron chi connectivity index (χ0n) is 12.3. The first-order valence-electron chi connectivity index (χ1n) is 7.20. The Bertz CT molecular complexity index is 728. The number of aromatic amines is 1. The monoisotopic (exact) mass is 311 g/mol. The molecule has 1 N–H and O–H groups in total. The molecule has 1 aromatic heterocycles. The number of aromatic nitrogens is 3. The number of benzene rings is 2. The maximum atomic E-state index is 5.96. The van der Waals surface area contributed by atoms with Crippen LogP contribution in [0.4, 0.5) is 0 Å². The fourth-order valence-electron chi connectivity index (χ4n) is 1.98. The van der Waals surface area contributed by atoms with Gasteiger partial charge in [0.2, 0.25) is 5.16 Å². The van der Waals surface area contributed by atoms with E-state index in [1.54, 1.807) is 11.8 Å². The van der Waals surface area contributed by atoms with Gasteiger partial charge in [0, 0.05) is 17.7 Å². The number of para-hydroxylation sites is 2. The van der Waals surface area contributed by atoms with Crippen LogP contribution in [0, 0.1) is 0 Å². The molecule has 4 nitrogen and oxygen atoms in total. The molecular formula is C17H17N3OS. The molecular weight excluding hydrogens is 294 g/mol. The summed E-state index contributed by atoms with van der Waals surface area (Å²) in [5, 5.41) is 7.90. The number of hydrogen-bond acceptors (Lipinski definition) is 4. The number of aryl methyl sites for hydroxylation is 1. The van der Waals surface area contributed by atoms with Crippen LogP contribution in [-0.4, -0.2) is 15.2 Å². The Kier molecular flexibility index (Phi) is 4.75. The summed E-state index contributed by atoms with van der Waals surface area (Å²) >= 11 is 1.60. The van der Waals surface area contributed by atoms with Gasteiger partial charge in [-0.05, 0) is 18.2 Å². The molecule has 0 unspecified atom stereocenters. The molecule has 0 saturated carbocycles. The van der Waals surface area contributed by atoms with Gasteiger partial charge in [-0.3, -0.25) is 5.10 Å². The maximum Gasteiger partial charge on any atom is 0.208 e. The minimum atomic E-state index is 0.768. The van der Waals surface area contributed by atoms with Gasteiger partial charge in [0.25, 0.3) is 0 Å². The van der Waals surface area contributed by atoms with Gasteiger partial charge in [-0.2, -0.15) is 0 Å². The van der Waals surface area contributed by atoms with Crippen molar-refractivity contribution in [1.82, 2.24) is 15.2 Å². The highest BCUT2D eigenvalue weighted by Crippen LogP contribution is 2.29. The second-order valence-corrected chi connectivity index (χ2v) is 5.67. The van der Waals surface area contributed by atoms with Crippen molar-refractivity contribution >= 4 is 11.8 Å². The second kappa shape index (κ2) is 7.13. The standard InChI is InChI=1S/C17H17N3OS/c1-2-16-18-17(20-19-16)22-12-13-8-6-7-11-15(13)21-14-9-4-3-5-10-14/h3-11H,2,12H2,1H3,(H,18,19,20). The van der Waals surface area contributed by atoms with Crippen LogP contribution in [0.1, 0.15) is 18.3 Å². The Morgan fingerprint density at radius 1 is 1.05 bits per heavy atom. The van der Waals surface area contributed by atoms with Crippen molar-refractivity contribution in [3.8, 4) is 11.5 Å². The van der Waals surface area contributed by atoms with Crippen molar-refractivity contribution in [2.24, 2.45) is 0 Å². The van der Waals surface area contributed by atoms with Gasteiger partial charge < -0.3 is 4.74 Å². The number of hydrogen-bond donors (Lipinski definition) is 1. The van der Waals surface area contributed by atoms with Gasteiger partial charge in [-0.1, -0.05) is 55.1 Å². The Labute approximate surface area is 133 Å². The van der Waals surface area contributed by atoms with Gasteiger partial charge in [0.1, 0.15) is 17.3 Å². The van der Waals surface area contributed by atoms with E-state index >= 15 is 0 Å². The summed E-state index contributed by atoms with van der Waals surface area (Å²) in [4.78, 5) is 4.41. The first kappa shape index (κ1) is 14.7. The van der Waals surface area contributed by atoms with Crippen LogP contribution >= 0.6 is 11.8 Å². The second-order valence-electron chi connectivity index (χ2n) is 4.73. The fraction of sp³-hybridized carbons (Fsp3) is 0.176. The van der Waals surface area contributed by atoms with Gasteiger partial charge in [0.05, 0.1) is 0 Å². The molecule has 2 aromatic carbocycles. The maximum absolute atomic E-state index is 5.96. The van der Waals surface area contributed by atoms with E-state index in [1.165, 1.54) is 0 Å². The molecule has 22 heavy (non-hydrogen) atoms. The third kappa shape index (κ3) is 3.68. The highest BCUT2D eigenvalue weighted by Gasteiger charge is 2.07. The molecule has 0 amide bonds. The molecule has 0 bridgehead atoms. The molecule has 0 aliphatic heterocycles. The Hall–Kier alpha value is -2.27. The normalized spacial score (nSPS) is 10.6. The molecule has 3 rings (SSSR count). The molecule has 112 valence electrons. The van der Waals surface area contributed by atoms with Gasteiger partial charge in [0.15, 0.2) is 0 Å². The van der Waals surface area contributed by atoms with E-state index in [2.05, 4.69) is 28.2 Å². The van der Waals surface area contributed by atoms with Crippen molar-refractivity contribution in [2.45, 2.75) is 24.3 Å². The Morgan fingerprint density at radius 3 is 2.59 bits per heavy atom. The Balaban J connectivity index is 1.71. The van der Waals surface area contributed by atoms with Crippen molar-refractivity contribution in [3.63, 3.8) is 0 Å². The number of H-pyrrole nitrogens is 1. The lowest BCUT2D eigenvalue weighted by Crippen LogP contribution is -1.90. The summed E-state index contributed by atoms with van der Waals surface area (Å²) in [7, 11) is 0. The fourth-order valence-corrected chi connectivity index (χ4v) is 2.79. The van der Waals surface area contributed by atoms with E-state index in [-0.39, 0.29) is 0 Å². The molecule has 5 heteroatoms.